The number of fused-ring (bicyclic) bond motifs is 1. The number of carbonyl (C=O) groups is 2. The van der Waals surface area contributed by atoms with Crippen LogP contribution in [-0.2, 0) is 11.2 Å². The van der Waals surface area contributed by atoms with Gasteiger partial charge in [0.2, 0.25) is 5.91 Å². The van der Waals surface area contributed by atoms with Gasteiger partial charge in [-0.25, -0.2) is 9.97 Å². The monoisotopic (exact) mass is 427 g/mol. The van der Waals surface area contributed by atoms with Crippen LogP contribution in [0.1, 0.15) is 27.7 Å². The lowest BCUT2D eigenvalue weighted by molar-refractivity contribution is -0.118. The van der Waals surface area contributed by atoms with Crippen molar-refractivity contribution in [1.29, 1.82) is 0 Å². The van der Waals surface area contributed by atoms with E-state index in [1.54, 1.807) is 7.11 Å². The van der Waals surface area contributed by atoms with Crippen LogP contribution in [0.5, 0.6) is 5.75 Å². The minimum atomic E-state index is -0.178. The number of ether oxygens (including phenoxy) is 1. The van der Waals surface area contributed by atoms with E-state index in [2.05, 4.69) is 32.0 Å². The lowest BCUT2D eigenvalue weighted by Crippen LogP contribution is -2.33. The number of rotatable bonds is 9. The van der Waals surface area contributed by atoms with E-state index in [1.807, 2.05) is 25.1 Å². The van der Waals surface area contributed by atoms with E-state index in [9.17, 15) is 9.59 Å². The van der Waals surface area contributed by atoms with Crippen molar-refractivity contribution in [3.8, 4) is 5.75 Å². The molecule has 3 aromatic rings. The van der Waals surface area contributed by atoms with Crippen molar-refractivity contribution < 1.29 is 14.3 Å². The van der Waals surface area contributed by atoms with Crippen molar-refractivity contribution in [3.63, 3.8) is 0 Å². The molecule has 8 nitrogen and oxygen atoms in total. The van der Waals surface area contributed by atoms with E-state index < -0.39 is 0 Å². The molecule has 2 aromatic heterocycles. The minimum Gasteiger partial charge on any atom is -0.497 e. The normalized spacial score (nSPS) is 10.6. The quantitative estimate of drug-likeness (QED) is 0.453. The molecule has 0 radical (unpaired) electrons. The zero-order valence-corrected chi connectivity index (χ0v) is 18.1. The van der Waals surface area contributed by atoms with Crippen LogP contribution >= 0.6 is 11.3 Å². The lowest BCUT2D eigenvalue weighted by atomic mass is 10.1. The Bertz CT molecular complexity index is 1050. The number of carbonyl (C=O) groups excluding carboxylic acids is 2. The molecule has 9 heteroatoms. The van der Waals surface area contributed by atoms with Crippen molar-refractivity contribution in [2.24, 2.45) is 0 Å². The third-order valence-corrected chi connectivity index (χ3v) is 5.76. The van der Waals surface area contributed by atoms with Gasteiger partial charge in [-0.2, -0.15) is 0 Å². The summed E-state index contributed by atoms with van der Waals surface area (Å²) in [6.45, 7) is 4.79. The molecule has 0 atom stereocenters. The summed E-state index contributed by atoms with van der Waals surface area (Å²) in [5.74, 6) is 1.25. The van der Waals surface area contributed by atoms with Crippen LogP contribution in [0, 0.1) is 6.92 Å². The van der Waals surface area contributed by atoms with Gasteiger partial charge in [0.05, 0.1) is 17.4 Å². The molecular formula is C21H25N5O3S. The molecule has 158 valence electrons. The predicted molar refractivity (Wildman–Crippen MR) is 118 cm³/mol. The Labute approximate surface area is 179 Å². The molecule has 0 fully saturated rings. The van der Waals surface area contributed by atoms with Gasteiger partial charge in [-0.05, 0) is 36.6 Å². The van der Waals surface area contributed by atoms with E-state index in [-0.39, 0.29) is 11.8 Å². The van der Waals surface area contributed by atoms with Gasteiger partial charge in [-0.15, -0.1) is 11.3 Å². The van der Waals surface area contributed by atoms with Gasteiger partial charge in [0.25, 0.3) is 5.91 Å². The molecule has 0 unspecified atom stereocenters. The summed E-state index contributed by atoms with van der Waals surface area (Å²) in [6, 6.07) is 7.95. The van der Waals surface area contributed by atoms with E-state index in [4.69, 9.17) is 4.74 Å². The number of benzene rings is 1. The molecule has 0 aliphatic heterocycles. The molecule has 0 aliphatic rings. The number of hydrogen-bond donors (Lipinski definition) is 3. The SMILES string of the molecule is COc1cccc(CCNc2ncnc3sc(C(=O)NCCNC(C)=O)c(C)c23)c1. The van der Waals surface area contributed by atoms with Crippen LogP contribution in [0.15, 0.2) is 30.6 Å². The summed E-state index contributed by atoms with van der Waals surface area (Å²) in [5.41, 5.74) is 2.00. The van der Waals surface area contributed by atoms with E-state index in [0.29, 0.717) is 30.3 Å². The number of nitrogens with zero attached hydrogens (tertiary/aromatic N) is 2. The number of thiophene rings is 1. The summed E-state index contributed by atoms with van der Waals surface area (Å²) >= 11 is 1.34. The molecule has 3 rings (SSSR count). The molecular weight excluding hydrogens is 402 g/mol. The summed E-state index contributed by atoms with van der Waals surface area (Å²) in [5, 5.41) is 9.71. The summed E-state index contributed by atoms with van der Waals surface area (Å²) in [4.78, 5) is 33.6. The van der Waals surface area contributed by atoms with Gasteiger partial charge < -0.3 is 20.7 Å². The van der Waals surface area contributed by atoms with Gasteiger partial charge >= 0.3 is 0 Å². The molecule has 2 heterocycles. The maximum absolute atomic E-state index is 12.6. The van der Waals surface area contributed by atoms with Crippen molar-refractivity contribution in [2.75, 3.05) is 32.1 Å². The van der Waals surface area contributed by atoms with Crippen LogP contribution in [0.2, 0.25) is 0 Å². The van der Waals surface area contributed by atoms with E-state index in [1.165, 1.54) is 24.6 Å². The Balaban J connectivity index is 1.68. The standard InChI is InChI=1S/C21H25N5O3S/c1-13-17-19(23-8-7-15-5-4-6-16(11-15)29-3)25-12-26-21(17)30-18(13)20(28)24-10-9-22-14(2)27/h4-6,11-12H,7-10H2,1-3H3,(H,22,27)(H,24,28)(H,23,25,26). The molecule has 0 saturated carbocycles. The molecule has 2 amide bonds. The maximum Gasteiger partial charge on any atom is 0.261 e. The van der Waals surface area contributed by atoms with Crippen LogP contribution in [-0.4, -0.2) is 48.5 Å². The Morgan fingerprint density at radius 2 is 1.93 bits per heavy atom. The second kappa shape index (κ2) is 10.0. The highest BCUT2D eigenvalue weighted by atomic mass is 32.1. The van der Waals surface area contributed by atoms with Crippen molar-refractivity contribution >= 4 is 39.2 Å². The number of amides is 2. The third kappa shape index (κ3) is 5.24. The second-order valence-corrected chi connectivity index (χ2v) is 7.72. The summed E-state index contributed by atoms with van der Waals surface area (Å²) in [7, 11) is 1.65. The Kier molecular flexibility index (Phi) is 7.18. The van der Waals surface area contributed by atoms with Gasteiger partial charge in [0.1, 0.15) is 22.7 Å². The first-order chi connectivity index (χ1) is 14.5. The smallest absolute Gasteiger partial charge is 0.261 e. The number of aromatic nitrogens is 2. The van der Waals surface area contributed by atoms with Crippen molar-refractivity contribution in [1.82, 2.24) is 20.6 Å². The average Bonchev–Trinajstić information content (AvgIpc) is 3.08. The highest BCUT2D eigenvalue weighted by Gasteiger charge is 2.19. The van der Waals surface area contributed by atoms with Crippen LogP contribution in [0.25, 0.3) is 10.2 Å². The maximum atomic E-state index is 12.6. The fourth-order valence-electron chi connectivity index (χ4n) is 3.07. The largest absolute Gasteiger partial charge is 0.497 e. The Hall–Kier alpha value is -3.20. The average molecular weight is 428 g/mol. The van der Waals surface area contributed by atoms with Crippen LogP contribution in [0.3, 0.4) is 0 Å². The number of aryl methyl sites for hydroxylation is 1. The Morgan fingerprint density at radius 1 is 1.13 bits per heavy atom. The molecule has 1 aromatic carbocycles. The topological polar surface area (TPSA) is 105 Å². The lowest BCUT2D eigenvalue weighted by Gasteiger charge is -2.08. The first-order valence-corrected chi connectivity index (χ1v) is 10.4. The van der Waals surface area contributed by atoms with E-state index in [0.717, 1.165) is 33.5 Å². The highest BCUT2D eigenvalue weighted by Crippen LogP contribution is 2.33. The van der Waals surface area contributed by atoms with Gasteiger partial charge in [0, 0.05) is 26.6 Å². The molecule has 30 heavy (non-hydrogen) atoms. The zero-order valence-electron chi connectivity index (χ0n) is 17.2. The minimum absolute atomic E-state index is 0.123. The zero-order chi connectivity index (χ0) is 21.5. The fraction of sp³-hybridized carbons (Fsp3) is 0.333. The number of nitrogens with one attached hydrogen (secondary N) is 3. The Morgan fingerprint density at radius 3 is 2.70 bits per heavy atom. The molecule has 0 bridgehead atoms. The fourth-order valence-corrected chi connectivity index (χ4v) is 4.14. The second-order valence-electron chi connectivity index (χ2n) is 6.73. The number of methoxy groups -OCH3 is 1. The van der Waals surface area contributed by atoms with Gasteiger partial charge in [0.15, 0.2) is 0 Å². The van der Waals surface area contributed by atoms with Gasteiger partial charge in [-0.3, -0.25) is 9.59 Å². The van der Waals surface area contributed by atoms with Crippen molar-refractivity contribution in [3.05, 3.63) is 46.6 Å². The van der Waals surface area contributed by atoms with Crippen molar-refractivity contribution in [2.45, 2.75) is 20.3 Å². The van der Waals surface area contributed by atoms with E-state index >= 15 is 0 Å². The molecule has 0 spiro atoms. The third-order valence-electron chi connectivity index (χ3n) is 4.56. The molecule has 0 saturated heterocycles. The van der Waals surface area contributed by atoms with Crippen LogP contribution in [0.4, 0.5) is 5.82 Å². The first-order valence-electron chi connectivity index (χ1n) is 9.63. The predicted octanol–water partition coefficient (Wildman–Crippen LogP) is 2.53. The molecule has 3 N–H and O–H groups in total. The van der Waals surface area contributed by atoms with Gasteiger partial charge in [-0.1, -0.05) is 12.1 Å². The number of anilines is 1. The molecule has 0 aliphatic carbocycles. The first kappa shape index (κ1) is 21.5. The summed E-state index contributed by atoms with van der Waals surface area (Å²) in [6.07, 6.45) is 2.31. The summed E-state index contributed by atoms with van der Waals surface area (Å²) < 4.78 is 5.27. The van der Waals surface area contributed by atoms with Crippen LogP contribution < -0.4 is 20.7 Å². The number of hydrogen-bond acceptors (Lipinski definition) is 7. The highest BCUT2D eigenvalue weighted by molar-refractivity contribution is 7.20.